The summed E-state index contributed by atoms with van der Waals surface area (Å²) in [5.41, 5.74) is 10.7. The van der Waals surface area contributed by atoms with Crippen molar-refractivity contribution in [2.75, 3.05) is 0 Å². The zero-order valence-corrected chi connectivity index (χ0v) is 10.9. The van der Waals surface area contributed by atoms with E-state index in [2.05, 4.69) is 0 Å². The zero-order valence-electron chi connectivity index (χ0n) is 10.2. The van der Waals surface area contributed by atoms with Crippen molar-refractivity contribution in [3.8, 4) is 0 Å². The molecule has 92 valence electrons. The van der Waals surface area contributed by atoms with Crippen LogP contribution in [0.25, 0.3) is 10.9 Å². The predicted octanol–water partition coefficient (Wildman–Crippen LogP) is 2.97. The maximum Gasteiger partial charge on any atom is 0.123 e. The number of hydrogen-bond acceptors (Lipinski definition) is 2. The lowest BCUT2D eigenvalue weighted by atomic mass is 9.98. The lowest BCUT2D eigenvalue weighted by molar-refractivity contribution is 0.900. The van der Waals surface area contributed by atoms with Gasteiger partial charge in [-0.15, -0.1) is 0 Å². The Morgan fingerprint density at radius 1 is 1.39 bits per heavy atom. The minimum absolute atomic E-state index is 0.127. The van der Waals surface area contributed by atoms with Gasteiger partial charge in [0, 0.05) is 21.7 Å². The highest BCUT2D eigenvalue weighted by Crippen LogP contribution is 2.33. The number of nitrogens with zero attached hydrogens (tertiary/aromatic N) is 1. The molecule has 3 nitrogen and oxygen atoms in total. The molecule has 2 aromatic rings. The zero-order chi connectivity index (χ0) is 12.9. The van der Waals surface area contributed by atoms with Crippen LogP contribution in [-0.2, 0) is 12.8 Å². The molecule has 0 fully saturated rings. The fourth-order valence-electron chi connectivity index (χ4n) is 2.75. The molecule has 18 heavy (non-hydrogen) atoms. The van der Waals surface area contributed by atoms with E-state index >= 15 is 0 Å². The summed E-state index contributed by atoms with van der Waals surface area (Å²) in [4.78, 5) is 4.72. The first-order chi connectivity index (χ1) is 8.59. The van der Waals surface area contributed by atoms with Gasteiger partial charge in [0.05, 0.1) is 5.52 Å². The van der Waals surface area contributed by atoms with Crippen LogP contribution in [0.15, 0.2) is 12.1 Å². The van der Waals surface area contributed by atoms with Crippen LogP contribution in [0.5, 0.6) is 0 Å². The summed E-state index contributed by atoms with van der Waals surface area (Å²) >= 11 is 6.15. The summed E-state index contributed by atoms with van der Waals surface area (Å²) < 4.78 is 0. The van der Waals surface area contributed by atoms with E-state index in [1.807, 2.05) is 19.1 Å². The van der Waals surface area contributed by atoms with Crippen LogP contribution in [0.2, 0.25) is 5.02 Å². The van der Waals surface area contributed by atoms with Gasteiger partial charge in [0.25, 0.3) is 0 Å². The molecule has 0 radical (unpaired) electrons. The Labute approximate surface area is 110 Å². The number of nitrogens with one attached hydrogen (secondary N) is 1. The summed E-state index contributed by atoms with van der Waals surface area (Å²) in [5.74, 6) is 0.127. The van der Waals surface area contributed by atoms with Crippen LogP contribution in [0.3, 0.4) is 0 Å². The quantitative estimate of drug-likeness (QED) is 0.611. The summed E-state index contributed by atoms with van der Waals surface area (Å²) in [7, 11) is 0. The molecule has 0 amide bonds. The maximum absolute atomic E-state index is 7.83. The molecule has 0 bridgehead atoms. The fourth-order valence-corrected chi connectivity index (χ4v) is 2.90. The lowest BCUT2D eigenvalue weighted by Gasteiger charge is -2.13. The van der Waals surface area contributed by atoms with Gasteiger partial charge in [0.1, 0.15) is 5.84 Å². The second-order valence-corrected chi connectivity index (χ2v) is 5.16. The van der Waals surface area contributed by atoms with Gasteiger partial charge >= 0.3 is 0 Å². The van der Waals surface area contributed by atoms with Gasteiger partial charge in [0.2, 0.25) is 0 Å². The largest absolute Gasteiger partial charge is 0.384 e. The topological polar surface area (TPSA) is 62.8 Å². The normalized spacial score (nSPS) is 13.9. The molecule has 1 aliphatic carbocycles. The SMILES string of the molecule is Cc1c(Cl)ccc2c(C(=N)N)c3c(nc12)CCC3. The number of pyridine rings is 1. The molecule has 1 heterocycles. The average molecular weight is 260 g/mol. The van der Waals surface area contributed by atoms with E-state index in [1.165, 1.54) is 0 Å². The van der Waals surface area contributed by atoms with Gasteiger partial charge in [-0.25, -0.2) is 0 Å². The molecular weight excluding hydrogens is 246 g/mol. The van der Waals surface area contributed by atoms with Crippen LogP contribution in [0.1, 0.15) is 28.8 Å². The van der Waals surface area contributed by atoms with Crippen molar-refractivity contribution in [2.24, 2.45) is 5.73 Å². The Hall–Kier alpha value is -1.61. The monoisotopic (exact) mass is 259 g/mol. The van der Waals surface area contributed by atoms with Gasteiger partial charge in [0.15, 0.2) is 0 Å². The van der Waals surface area contributed by atoms with Crippen molar-refractivity contribution >= 4 is 28.3 Å². The third-order valence-electron chi connectivity index (χ3n) is 3.64. The molecule has 0 atom stereocenters. The van der Waals surface area contributed by atoms with E-state index in [1.54, 1.807) is 0 Å². The van der Waals surface area contributed by atoms with E-state index in [-0.39, 0.29) is 5.84 Å². The first kappa shape index (κ1) is 11.5. The molecule has 1 aromatic heterocycles. The molecule has 0 spiro atoms. The maximum atomic E-state index is 7.83. The molecular formula is C14H14ClN3. The number of nitrogen functional groups attached to an aromatic ring is 1. The predicted molar refractivity (Wildman–Crippen MR) is 74.5 cm³/mol. The standard InChI is InChI=1S/C14H14ClN3/c1-7-10(15)6-5-9-12(14(16)17)8-3-2-4-11(8)18-13(7)9/h5-6H,2-4H2,1H3,(H3,16,17). The van der Waals surface area contributed by atoms with Gasteiger partial charge in [-0.3, -0.25) is 10.4 Å². The molecule has 1 aliphatic rings. The Morgan fingerprint density at radius 2 is 2.17 bits per heavy atom. The van der Waals surface area contributed by atoms with Crippen LogP contribution in [0.4, 0.5) is 0 Å². The number of hydrogen-bond donors (Lipinski definition) is 2. The van der Waals surface area contributed by atoms with E-state index < -0.39 is 0 Å². The second-order valence-electron chi connectivity index (χ2n) is 4.75. The summed E-state index contributed by atoms with van der Waals surface area (Å²) in [6.07, 6.45) is 3.03. The van der Waals surface area contributed by atoms with E-state index in [0.29, 0.717) is 5.02 Å². The summed E-state index contributed by atoms with van der Waals surface area (Å²) in [6.45, 7) is 1.96. The highest BCUT2D eigenvalue weighted by Gasteiger charge is 2.21. The van der Waals surface area contributed by atoms with Crippen LogP contribution >= 0.6 is 11.6 Å². The number of aromatic nitrogens is 1. The van der Waals surface area contributed by atoms with Gasteiger partial charge < -0.3 is 5.73 Å². The van der Waals surface area contributed by atoms with Crippen LogP contribution in [-0.4, -0.2) is 10.8 Å². The third kappa shape index (κ3) is 1.51. The molecule has 3 rings (SSSR count). The van der Waals surface area contributed by atoms with Crippen molar-refractivity contribution in [2.45, 2.75) is 26.2 Å². The summed E-state index contributed by atoms with van der Waals surface area (Å²) in [6, 6.07) is 3.78. The van der Waals surface area contributed by atoms with Crippen molar-refractivity contribution in [1.29, 1.82) is 5.41 Å². The van der Waals surface area contributed by atoms with Crippen molar-refractivity contribution < 1.29 is 0 Å². The molecule has 0 saturated heterocycles. The Kier molecular flexibility index (Phi) is 2.52. The molecule has 0 unspecified atom stereocenters. The minimum Gasteiger partial charge on any atom is -0.384 e. The number of nitrogens with two attached hydrogens (primary N) is 1. The number of benzene rings is 1. The van der Waals surface area contributed by atoms with Crippen molar-refractivity contribution in [3.05, 3.63) is 39.5 Å². The first-order valence-corrected chi connectivity index (χ1v) is 6.42. The number of amidine groups is 1. The Bertz CT molecular complexity index is 677. The number of fused-ring (bicyclic) bond motifs is 2. The lowest BCUT2D eigenvalue weighted by Crippen LogP contribution is -2.15. The Balaban J connectivity index is 2.49. The average Bonchev–Trinajstić information content (AvgIpc) is 2.79. The van der Waals surface area contributed by atoms with Crippen LogP contribution < -0.4 is 5.73 Å². The molecule has 3 N–H and O–H groups in total. The van der Waals surface area contributed by atoms with E-state index in [0.717, 1.165) is 52.5 Å². The van der Waals surface area contributed by atoms with Crippen molar-refractivity contribution in [3.63, 3.8) is 0 Å². The van der Waals surface area contributed by atoms with Gasteiger partial charge in [-0.05, 0) is 43.4 Å². The van der Waals surface area contributed by atoms with Gasteiger partial charge in [-0.2, -0.15) is 0 Å². The number of aryl methyl sites for hydroxylation is 2. The molecule has 0 saturated carbocycles. The van der Waals surface area contributed by atoms with E-state index in [4.69, 9.17) is 27.7 Å². The minimum atomic E-state index is 0.127. The number of halogens is 1. The molecule has 4 heteroatoms. The fraction of sp³-hybridized carbons (Fsp3) is 0.286. The summed E-state index contributed by atoms with van der Waals surface area (Å²) in [5, 5.41) is 9.49. The Morgan fingerprint density at radius 3 is 2.89 bits per heavy atom. The van der Waals surface area contributed by atoms with E-state index in [9.17, 15) is 0 Å². The molecule has 0 aliphatic heterocycles. The van der Waals surface area contributed by atoms with Gasteiger partial charge in [-0.1, -0.05) is 17.7 Å². The third-order valence-corrected chi connectivity index (χ3v) is 4.05. The number of rotatable bonds is 1. The first-order valence-electron chi connectivity index (χ1n) is 6.04. The smallest absolute Gasteiger partial charge is 0.123 e. The highest BCUT2D eigenvalue weighted by molar-refractivity contribution is 6.32. The highest BCUT2D eigenvalue weighted by atomic mass is 35.5. The molecule has 1 aromatic carbocycles. The van der Waals surface area contributed by atoms with Crippen molar-refractivity contribution in [1.82, 2.24) is 4.98 Å². The second kappa shape index (κ2) is 3.95. The van der Waals surface area contributed by atoms with Crippen LogP contribution in [0, 0.1) is 12.3 Å².